The van der Waals surface area contributed by atoms with E-state index < -0.39 is 11.9 Å². The number of hydrogen-bond acceptors (Lipinski definition) is 6. The van der Waals surface area contributed by atoms with Crippen LogP contribution in [0, 0.1) is 12.7 Å². The van der Waals surface area contributed by atoms with Crippen molar-refractivity contribution in [3.05, 3.63) is 70.4 Å². The zero-order valence-electron chi connectivity index (χ0n) is 19.4. The number of nitrogens with one attached hydrogen (secondary N) is 1. The first-order valence-electron chi connectivity index (χ1n) is 10.7. The summed E-state index contributed by atoms with van der Waals surface area (Å²) in [6.45, 7) is 6.60. The van der Waals surface area contributed by atoms with Crippen molar-refractivity contribution in [1.82, 2.24) is 0 Å². The van der Waals surface area contributed by atoms with Crippen molar-refractivity contribution in [2.45, 2.75) is 20.8 Å². The second-order valence-electron chi connectivity index (χ2n) is 7.13. The van der Waals surface area contributed by atoms with Crippen LogP contribution in [0.15, 0.2) is 48.5 Å². The van der Waals surface area contributed by atoms with Crippen LogP contribution in [0.1, 0.15) is 34.6 Å². The lowest BCUT2D eigenvalue weighted by Gasteiger charge is -2.11. The van der Waals surface area contributed by atoms with Gasteiger partial charge in [0.15, 0.2) is 11.5 Å². The summed E-state index contributed by atoms with van der Waals surface area (Å²) in [5, 5.41) is 3.13. The number of benzene rings is 2. The average molecular weight is 484 g/mol. The van der Waals surface area contributed by atoms with Crippen LogP contribution in [-0.2, 0) is 9.53 Å². The van der Waals surface area contributed by atoms with Crippen LogP contribution < -0.4 is 14.8 Å². The third-order valence-corrected chi connectivity index (χ3v) is 5.86. The van der Waals surface area contributed by atoms with E-state index in [0.29, 0.717) is 40.8 Å². The van der Waals surface area contributed by atoms with E-state index in [1.54, 1.807) is 30.3 Å². The molecule has 6 nitrogen and oxygen atoms in total. The first-order valence-corrected chi connectivity index (χ1v) is 11.6. The van der Waals surface area contributed by atoms with Crippen LogP contribution >= 0.6 is 11.3 Å². The van der Waals surface area contributed by atoms with Gasteiger partial charge in [-0.25, -0.2) is 9.18 Å². The lowest BCUT2D eigenvalue weighted by atomic mass is 10.0. The molecule has 0 aliphatic carbocycles. The predicted octanol–water partition coefficient (Wildman–Crippen LogP) is 6.10. The number of carbonyl (C=O) groups excluding carboxylic acids is 2. The Bertz CT molecular complexity index is 1200. The topological polar surface area (TPSA) is 73.9 Å². The molecule has 0 saturated heterocycles. The van der Waals surface area contributed by atoms with Gasteiger partial charge in [0.2, 0.25) is 5.91 Å². The van der Waals surface area contributed by atoms with Crippen molar-refractivity contribution in [2.24, 2.45) is 0 Å². The van der Waals surface area contributed by atoms with Gasteiger partial charge in [-0.05, 0) is 62.2 Å². The number of amides is 1. The van der Waals surface area contributed by atoms with Gasteiger partial charge in [-0.3, -0.25) is 4.79 Å². The third kappa shape index (κ3) is 5.82. The Kier molecular flexibility index (Phi) is 8.43. The van der Waals surface area contributed by atoms with E-state index in [2.05, 4.69) is 5.32 Å². The van der Waals surface area contributed by atoms with Crippen LogP contribution in [-0.4, -0.2) is 32.2 Å². The molecule has 0 atom stereocenters. The van der Waals surface area contributed by atoms with Gasteiger partial charge in [0, 0.05) is 16.5 Å². The molecule has 0 radical (unpaired) electrons. The Balaban J connectivity index is 1.86. The molecule has 34 heavy (non-hydrogen) atoms. The number of esters is 1. The third-order valence-electron chi connectivity index (χ3n) is 4.84. The molecular formula is C26H26FNO5S. The Hall–Kier alpha value is -3.65. The van der Waals surface area contributed by atoms with Gasteiger partial charge in [-0.15, -0.1) is 11.3 Å². The minimum absolute atomic E-state index is 0.234. The molecule has 0 saturated carbocycles. The summed E-state index contributed by atoms with van der Waals surface area (Å²) in [7, 11) is 1.27. The highest BCUT2D eigenvalue weighted by atomic mass is 32.1. The Labute approximate surface area is 202 Å². The second kappa shape index (κ2) is 11.5. The summed E-state index contributed by atoms with van der Waals surface area (Å²) in [4.78, 5) is 26.0. The summed E-state index contributed by atoms with van der Waals surface area (Å²) >= 11 is 1.25. The maximum absolute atomic E-state index is 13.4. The van der Waals surface area contributed by atoms with Crippen molar-refractivity contribution < 1.29 is 28.2 Å². The molecule has 0 unspecified atom stereocenters. The number of halogens is 1. The van der Waals surface area contributed by atoms with Gasteiger partial charge in [0.1, 0.15) is 16.4 Å². The number of ether oxygens (including phenoxy) is 3. The highest BCUT2D eigenvalue weighted by molar-refractivity contribution is 7.17. The first-order chi connectivity index (χ1) is 16.4. The summed E-state index contributed by atoms with van der Waals surface area (Å²) in [5.41, 5.74) is 2.25. The molecular weight excluding hydrogens is 457 g/mol. The maximum atomic E-state index is 13.4. The summed E-state index contributed by atoms with van der Waals surface area (Å²) < 4.78 is 29.5. The smallest absolute Gasteiger partial charge is 0.341 e. The highest BCUT2D eigenvalue weighted by Crippen LogP contribution is 2.40. The summed E-state index contributed by atoms with van der Waals surface area (Å²) in [6.07, 6.45) is 3.02. The molecule has 8 heteroatoms. The number of aryl methyl sites for hydroxylation is 1. The van der Waals surface area contributed by atoms with Crippen LogP contribution in [0.3, 0.4) is 0 Å². The molecule has 3 aromatic rings. The largest absolute Gasteiger partial charge is 0.490 e. The fourth-order valence-electron chi connectivity index (χ4n) is 3.39. The number of methoxy groups -OCH3 is 1. The lowest BCUT2D eigenvalue weighted by Crippen LogP contribution is -2.11. The van der Waals surface area contributed by atoms with Crippen LogP contribution in [0.5, 0.6) is 11.5 Å². The van der Waals surface area contributed by atoms with Gasteiger partial charge in [0.25, 0.3) is 0 Å². The quantitative estimate of drug-likeness (QED) is 0.294. The Morgan fingerprint density at radius 1 is 1.03 bits per heavy atom. The molecule has 0 spiro atoms. The van der Waals surface area contributed by atoms with Crippen molar-refractivity contribution >= 4 is 34.3 Å². The predicted molar refractivity (Wildman–Crippen MR) is 132 cm³/mol. The van der Waals surface area contributed by atoms with Crippen molar-refractivity contribution in [3.8, 4) is 22.6 Å². The van der Waals surface area contributed by atoms with Crippen molar-refractivity contribution in [1.29, 1.82) is 0 Å². The van der Waals surface area contributed by atoms with Crippen LogP contribution in [0.4, 0.5) is 9.39 Å². The molecule has 1 aromatic heterocycles. The normalized spacial score (nSPS) is 10.9. The van der Waals surface area contributed by atoms with Gasteiger partial charge in [-0.2, -0.15) is 0 Å². The average Bonchev–Trinajstić information content (AvgIpc) is 3.14. The zero-order valence-corrected chi connectivity index (χ0v) is 20.3. The van der Waals surface area contributed by atoms with E-state index in [-0.39, 0.29) is 11.4 Å². The van der Waals surface area contributed by atoms with E-state index in [0.717, 1.165) is 10.4 Å². The fourth-order valence-corrected chi connectivity index (χ4v) is 4.46. The SMILES string of the molecule is CCOc1ccc(/C=C/C(=O)Nc2sc(C)c(-c3ccc(F)cc3)c2C(=O)OC)cc1OCC. The summed E-state index contributed by atoms with van der Waals surface area (Å²) in [5.74, 6) is -0.148. The van der Waals surface area contributed by atoms with E-state index in [9.17, 15) is 14.0 Å². The second-order valence-corrected chi connectivity index (χ2v) is 8.36. The van der Waals surface area contributed by atoms with Gasteiger partial charge >= 0.3 is 5.97 Å². The Morgan fingerprint density at radius 3 is 2.35 bits per heavy atom. The van der Waals surface area contributed by atoms with Crippen LogP contribution in [0.25, 0.3) is 17.2 Å². The Morgan fingerprint density at radius 2 is 1.71 bits per heavy atom. The molecule has 0 aliphatic heterocycles. The molecule has 178 valence electrons. The number of rotatable bonds is 9. The number of anilines is 1. The van der Waals surface area contributed by atoms with Crippen molar-refractivity contribution in [3.63, 3.8) is 0 Å². The first kappa shape index (κ1) is 25.0. The molecule has 0 aliphatic rings. The monoisotopic (exact) mass is 483 g/mol. The summed E-state index contributed by atoms with van der Waals surface area (Å²) in [6, 6.07) is 11.2. The lowest BCUT2D eigenvalue weighted by molar-refractivity contribution is -0.111. The van der Waals surface area contributed by atoms with E-state index >= 15 is 0 Å². The maximum Gasteiger partial charge on any atom is 0.341 e. The van der Waals surface area contributed by atoms with Gasteiger partial charge in [0.05, 0.1) is 20.3 Å². The molecule has 0 fully saturated rings. The van der Waals surface area contributed by atoms with E-state index in [4.69, 9.17) is 14.2 Å². The van der Waals surface area contributed by atoms with Crippen LogP contribution in [0.2, 0.25) is 0 Å². The number of hydrogen-bond donors (Lipinski definition) is 1. The standard InChI is InChI=1S/C26H26FNO5S/c1-5-32-20-13-7-17(15-21(20)33-6-2)8-14-22(29)28-25-24(26(30)31-4)23(16(3)34-25)18-9-11-19(27)12-10-18/h7-15H,5-6H2,1-4H3,(H,28,29)/b14-8+. The molecule has 1 heterocycles. The fraction of sp³-hybridized carbons (Fsp3) is 0.231. The molecule has 1 N–H and O–H groups in total. The van der Waals surface area contributed by atoms with Crippen molar-refractivity contribution in [2.75, 3.05) is 25.6 Å². The molecule has 3 rings (SSSR count). The van der Waals surface area contributed by atoms with Gasteiger partial charge in [-0.1, -0.05) is 18.2 Å². The zero-order chi connectivity index (χ0) is 24.7. The van der Waals surface area contributed by atoms with Gasteiger partial charge < -0.3 is 19.5 Å². The number of thiophene rings is 1. The molecule has 1 amide bonds. The minimum atomic E-state index is -0.587. The van der Waals surface area contributed by atoms with E-state index in [1.807, 2.05) is 26.8 Å². The molecule has 2 aromatic carbocycles. The number of carbonyl (C=O) groups is 2. The highest BCUT2D eigenvalue weighted by Gasteiger charge is 2.24. The van der Waals surface area contributed by atoms with E-state index in [1.165, 1.54) is 36.7 Å². The molecule has 0 bridgehead atoms. The minimum Gasteiger partial charge on any atom is -0.490 e.